The second-order valence-corrected chi connectivity index (χ2v) is 8.03. The number of nitrogens with zero attached hydrogens (tertiary/aromatic N) is 2. The molecule has 2 heterocycles. The summed E-state index contributed by atoms with van der Waals surface area (Å²) in [6.07, 6.45) is -0.495. The van der Waals surface area contributed by atoms with E-state index in [1.54, 1.807) is 0 Å². The smallest absolute Gasteiger partial charge is 0.433 e. The van der Waals surface area contributed by atoms with Crippen molar-refractivity contribution in [3.05, 3.63) is 33.5 Å². The van der Waals surface area contributed by atoms with E-state index < -0.39 is 30.3 Å². The first-order valence-corrected chi connectivity index (χ1v) is 10.3. The number of fused-ring (bicyclic) bond motifs is 1. The second-order valence-electron chi connectivity index (χ2n) is 6.93. The maximum absolute atomic E-state index is 13.1. The van der Waals surface area contributed by atoms with Crippen LogP contribution in [-0.4, -0.2) is 28.3 Å². The van der Waals surface area contributed by atoms with E-state index in [0.29, 0.717) is 21.7 Å². The van der Waals surface area contributed by atoms with Gasteiger partial charge in [-0.15, -0.1) is 11.3 Å². The monoisotopic (exact) mass is 429 g/mol. The summed E-state index contributed by atoms with van der Waals surface area (Å²) in [6.45, 7) is 2.97. The van der Waals surface area contributed by atoms with E-state index in [4.69, 9.17) is 4.74 Å². The average Bonchev–Trinajstić information content (AvgIpc) is 3.19. The van der Waals surface area contributed by atoms with Crippen molar-refractivity contribution in [3.63, 3.8) is 0 Å². The van der Waals surface area contributed by atoms with Crippen LogP contribution in [0.25, 0.3) is 0 Å². The van der Waals surface area contributed by atoms with Crippen molar-refractivity contribution >= 4 is 28.2 Å². The fourth-order valence-corrected chi connectivity index (χ4v) is 4.63. The Bertz CT molecular complexity index is 918. The lowest BCUT2D eigenvalue weighted by molar-refractivity contribution is -0.144. The molecule has 0 spiro atoms. The van der Waals surface area contributed by atoms with Gasteiger partial charge >= 0.3 is 12.1 Å². The van der Waals surface area contributed by atoms with Gasteiger partial charge in [-0.05, 0) is 50.7 Å². The molecule has 0 fully saturated rings. The van der Waals surface area contributed by atoms with Gasteiger partial charge in [-0.3, -0.25) is 9.48 Å². The number of nitrogens with one attached hydrogen (secondary N) is 1. The standard InChI is InChI=1S/C19H22F3N3O3S/c1-3-8-28-18(27)16-12-6-4-5-7-13(12)29-17(16)23-15(26)10-25-14(19(20,21)22)9-11(2)24-25/h9H,3-8,10H2,1-2H3,(H,23,26). The van der Waals surface area contributed by atoms with Crippen LogP contribution in [0.3, 0.4) is 0 Å². The van der Waals surface area contributed by atoms with Crippen molar-refractivity contribution in [2.45, 2.75) is 58.7 Å². The molecule has 6 nitrogen and oxygen atoms in total. The highest BCUT2D eigenvalue weighted by Crippen LogP contribution is 2.38. The highest BCUT2D eigenvalue weighted by Gasteiger charge is 2.36. The van der Waals surface area contributed by atoms with Gasteiger partial charge in [-0.2, -0.15) is 18.3 Å². The van der Waals surface area contributed by atoms with Crippen molar-refractivity contribution in [2.75, 3.05) is 11.9 Å². The van der Waals surface area contributed by atoms with Gasteiger partial charge in [-0.25, -0.2) is 4.79 Å². The third-order valence-electron chi connectivity index (χ3n) is 4.55. The van der Waals surface area contributed by atoms with Crippen LogP contribution in [0.1, 0.15) is 58.4 Å². The summed E-state index contributed by atoms with van der Waals surface area (Å²) >= 11 is 1.29. The zero-order chi connectivity index (χ0) is 21.2. The zero-order valence-electron chi connectivity index (χ0n) is 16.2. The van der Waals surface area contributed by atoms with Crippen LogP contribution in [0.5, 0.6) is 0 Å². The number of carbonyl (C=O) groups excluding carboxylic acids is 2. The molecule has 0 saturated carbocycles. The van der Waals surface area contributed by atoms with Gasteiger partial charge in [0.1, 0.15) is 17.2 Å². The van der Waals surface area contributed by atoms with Crippen LogP contribution in [0.2, 0.25) is 0 Å². The van der Waals surface area contributed by atoms with Gasteiger partial charge in [0.05, 0.1) is 17.9 Å². The number of halogens is 3. The molecule has 2 aromatic heterocycles. The quantitative estimate of drug-likeness (QED) is 0.693. The van der Waals surface area contributed by atoms with Gasteiger partial charge in [0.2, 0.25) is 5.91 Å². The summed E-state index contributed by atoms with van der Waals surface area (Å²) in [5, 5.41) is 6.72. The summed E-state index contributed by atoms with van der Waals surface area (Å²) in [4.78, 5) is 26.1. The van der Waals surface area contributed by atoms with Crippen LogP contribution in [0.15, 0.2) is 6.07 Å². The molecule has 29 heavy (non-hydrogen) atoms. The Kier molecular flexibility index (Phi) is 6.30. The van der Waals surface area contributed by atoms with Gasteiger partial charge in [0, 0.05) is 4.88 Å². The Morgan fingerprint density at radius 3 is 2.72 bits per heavy atom. The van der Waals surface area contributed by atoms with Gasteiger partial charge < -0.3 is 10.1 Å². The number of aromatic nitrogens is 2. The average molecular weight is 429 g/mol. The minimum Gasteiger partial charge on any atom is -0.462 e. The second kappa shape index (κ2) is 8.56. The molecule has 0 bridgehead atoms. The molecular weight excluding hydrogens is 407 g/mol. The van der Waals surface area contributed by atoms with Gasteiger partial charge in [-0.1, -0.05) is 6.92 Å². The van der Waals surface area contributed by atoms with Crippen LogP contribution in [0.4, 0.5) is 18.2 Å². The lowest BCUT2D eigenvalue weighted by Crippen LogP contribution is -2.24. The molecule has 2 aromatic rings. The predicted octanol–water partition coefficient (Wildman–Crippen LogP) is 4.36. The number of ether oxygens (including phenoxy) is 1. The number of rotatable bonds is 6. The molecule has 158 valence electrons. The van der Waals surface area contributed by atoms with E-state index in [-0.39, 0.29) is 12.3 Å². The highest BCUT2D eigenvalue weighted by atomic mass is 32.1. The maximum atomic E-state index is 13.1. The molecule has 1 aliphatic carbocycles. The predicted molar refractivity (Wildman–Crippen MR) is 102 cm³/mol. The Labute approximate surface area is 170 Å². The first kappa shape index (κ1) is 21.4. The van der Waals surface area contributed by atoms with E-state index in [9.17, 15) is 22.8 Å². The number of hydrogen-bond acceptors (Lipinski definition) is 5. The Morgan fingerprint density at radius 2 is 2.03 bits per heavy atom. The van der Waals surface area contributed by atoms with Gasteiger partial charge in [0.15, 0.2) is 0 Å². The lowest BCUT2D eigenvalue weighted by atomic mass is 9.95. The Hall–Kier alpha value is -2.36. The van der Waals surface area contributed by atoms with E-state index in [2.05, 4.69) is 10.4 Å². The first-order chi connectivity index (χ1) is 13.7. The summed E-state index contributed by atoms with van der Waals surface area (Å²) < 4.78 is 45.3. The highest BCUT2D eigenvalue weighted by molar-refractivity contribution is 7.17. The van der Waals surface area contributed by atoms with Crippen molar-refractivity contribution in [3.8, 4) is 0 Å². The molecule has 1 amide bonds. The van der Waals surface area contributed by atoms with Crippen LogP contribution >= 0.6 is 11.3 Å². The molecule has 0 saturated heterocycles. The largest absolute Gasteiger partial charge is 0.462 e. The number of alkyl halides is 3. The Morgan fingerprint density at radius 1 is 1.31 bits per heavy atom. The van der Waals surface area contributed by atoms with Crippen molar-refractivity contribution in [2.24, 2.45) is 0 Å². The normalized spacial score (nSPS) is 13.8. The van der Waals surface area contributed by atoms with E-state index in [1.165, 1.54) is 18.3 Å². The fourth-order valence-electron chi connectivity index (χ4n) is 3.33. The van der Waals surface area contributed by atoms with E-state index in [0.717, 1.165) is 42.2 Å². The molecule has 10 heteroatoms. The molecule has 1 aliphatic rings. The number of esters is 1. The van der Waals surface area contributed by atoms with E-state index >= 15 is 0 Å². The number of hydrogen-bond donors (Lipinski definition) is 1. The van der Waals surface area contributed by atoms with Crippen molar-refractivity contribution in [1.29, 1.82) is 0 Å². The number of anilines is 1. The molecule has 0 aliphatic heterocycles. The van der Waals surface area contributed by atoms with Crippen LogP contribution in [-0.2, 0) is 35.1 Å². The lowest BCUT2D eigenvalue weighted by Gasteiger charge is -2.13. The minimum atomic E-state index is -4.61. The fraction of sp³-hybridized carbons (Fsp3) is 0.526. The molecular formula is C19H22F3N3O3S. The zero-order valence-corrected chi connectivity index (χ0v) is 17.0. The summed E-state index contributed by atoms with van der Waals surface area (Å²) in [5.41, 5.74) is 0.390. The summed E-state index contributed by atoms with van der Waals surface area (Å²) in [6, 6.07) is 0.894. The van der Waals surface area contributed by atoms with Gasteiger partial charge in [0.25, 0.3) is 0 Å². The maximum Gasteiger partial charge on any atom is 0.433 e. The van der Waals surface area contributed by atoms with Crippen molar-refractivity contribution in [1.82, 2.24) is 9.78 Å². The van der Waals surface area contributed by atoms with E-state index in [1.807, 2.05) is 6.92 Å². The first-order valence-electron chi connectivity index (χ1n) is 9.43. The van der Waals surface area contributed by atoms with Crippen LogP contribution in [0, 0.1) is 6.92 Å². The number of amides is 1. The third kappa shape index (κ3) is 4.80. The number of thiophene rings is 1. The molecule has 0 radical (unpaired) electrons. The Balaban J connectivity index is 1.84. The van der Waals surface area contributed by atoms with Crippen LogP contribution < -0.4 is 5.32 Å². The topological polar surface area (TPSA) is 73.2 Å². The molecule has 0 atom stereocenters. The molecule has 1 N–H and O–H groups in total. The number of carbonyl (C=O) groups is 2. The summed E-state index contributed by atoms with van der Waals surface area (Å²) in [7, 11) is 0. The number of aryl methyl sites for hydroxylation is 2. The minimum absolute atomic E-state index is 0.167. The molecule has 3 rings (SSSR count). The molecule has 0 unspecified atom stereocenters. The molecule has 0 aromatic carbocycles. The third-order valence-corrected chi connectivity index (χ3v) is 5.76. The SMILES string of the molecule is CCCOC(=O)c1c(NC(=O)Cn2nc(C)cc2C(F)(F)F)sc2c1CCCC2. The summed E-state index contributed by atoms with van der Waals surface area (Å²) in [5.74, 6) is -1.19. The van der Waals surface area contributed by atoms with Crippen molar-refractivity contribution < 1.29 is 27.5 Å².